The minimum absolute atomic E-state index is 0.137. The number of carbonyl (C=O) groups excluding carboxylic acids is 1. The number of fused-ring (bicyclic) bond motifs is 1. The molecule has 2 heterocycles. The second-order valence-corrected chi connectivity index (χ2v) is 9.53. The Bertz CT molecular complexity index is 1480. The van der Waals surface area contributed by atoms with Gasteiger partial charge >= 0.3 is 0 Å². The SMILES string of the molecule is COc1ccc(-c2cc(-c3ccccc3)nc(SCCC(=O)Nc3ccc4c(c3)OCCO4)c2C#N)cc1. The van der Waals surface area contributed by atoms with Gasteiger partial charge in [0.05, 0.1) is 18.4 Å². The lowest BCUT2D eigenvalue weighted by Crippen LogP contribution is -2.16. The smallest absolute Gasteiger partial charge is 0.225 e. The first-order chi connectivity index (χ1) is 18.6. The van der Waals surface area contributed by atoms with Crippen LogP contribution >= 0.6 is 11.8 Å². The number of pyridine rings is 1. The lowest BCUT2D eigenvalue weighted by molar-refractivity contribution is -0.115. The van der Waals surface area contributed by atoms with Gasteiger partial charge in [-0.05, 0) is 35.9 Å². The fourth-order valence-corrected chi connectivity index (χ4v) is 5.02. The Morgan fingerprint density at radius 2 is 1.76 bits per heavy atom. The summed E-state index contributed by atoms with van der Waals surface area (Å²) < 4.78 is 16.4. The van der Waals surface area contributed by atoms with E-state index in [0.717, 1.165) is 28.1 Å². The Hall–Kier alpha value is -4.48. The molecule has 1 aliphatic rings. The van der Waals surface area contributed by atoms with Gasteiger partial charge in [-0.15, -0.1) is 11.8 Å². The number of benzene rings is 3. The maximum absolute atomic E-state index is 12.7. The van der Waals surface area contributed by atoms with Crippen LogP contribution in [0.4, 0.5) is 5.69 Å². The molecular weight excluding hydrogens is 498 g/mol. The molecule has 0 aliphatic carbocycles. The third kappa shape index (κ3) is 5.74. The first-order valence-electron chi connectivity index (χ1n) is 12.1. The Kier molecular flexibility index (Phi) is 7.76. The molecule has 0 radical (unpaired) electrons. The van der Waals surface area contributed by atoms with Crippen molar-refractivity contribution < 1.29 is 19.0 Å². The molecule has 3 aromatic carbocycles. The van der Waals surface area contributed by atoms with Gasteiger partial charge in [0.1, 0.15) is 30.1 Å². The van der Waals surface area contributed by atoms with E-state index in [1.165, 1.54) is 11.8 Å². The van der Waals surface area contributed by atoms with Gasteiger partial charge in [-0.25, -0.2) is 4.98 Å². The zero-order valence-corrected chi connectivity index (χ0v) is 21.6. The highest BCUT2D eigenvalue weighted by Gasteiger charge is 2.17. The number of nitriles is 1. The summed E-state index contributed by atoms with van der Waals surface area (Å²) in [5.41, 5.74) is 4.51. The molecule has 1 amide bonds. The Labute approximate surface area is 225 Å². The molecule has 8 heteroatoms. The lowest BCUT2D eigenvalue weighted by atomic mass is 9.99. The highest BCUT2D eigenvalue weighted by Crippen LogP contribution is 2.35. The standard InChI is InChI=1S/C30H25N3O4S/c1-35-23-10-7-20(8-11-23)24-18-26(21-5-3-2-4-6-21)33-30(25(24)19-31)38-16-13-29(34)32-22-9-12-27-28(17-22)37-15-14-36-27/h2-12,17-18H,13-16H2,1H3,(H,32,34). The van der Waals surface area contributed by atoms with Gasteiger partial charge < -0.3 is 19.5 Å². The zero-order valence-electron chi connectivity index (χ0n) is 20.8. The van der Waals surface area contributed by atoms with E-state index in [1.54, 1.807) is 25.3 Å². The van der Waals surface area contributed by atoms with Crippen LogP contribution in [0.25, 0.3) is 22.4 Å². The topological polar surface area (TPSA) is 93.5 Å². The van der Waals surface area contributed by atoms with E-state index in [1.807, 2.05) is 60.7 Å². The largest absolute Gasteiger partial charge is 0.497 e. The molecule has 1 aromatic heterocycles. The average Bonchev–Trinajstić information content (AvgIpc) is 2.97. The van der Waals surface area contributed by atoms with Crippen molar-refractivity contribution in [1.82, 2.24) is 4.98 Å². The van der Waals surface area contributed by atoms with Gasteiger partial charge in [0, 0.05) is 35.1 Å². The molecule has 0 bridgehead atoms. The van der Waals surface area contributed by atoms with E-state index in [4.69, 9.17) is 19.2 Å². The number of aromatic nitrogens is 1. The van der Waals surface area contributed by atoms with Crippen LogP contribution in [0.15, 0.2) is 83.9 Å². The monoisotopic (exact) mass is 523 g/mol. The highest BCUT2D eigenvalue weighted by atomic mass is 32.2. The molecule has 190 valence electrons. The van der Waals surface area contributed by atoms with Gasteiger partial charge in [-0.2, -0.15) is 5.26 Å². The number of hydrogen-bond donors (Lipinski definition) is 1. The third-order valence-electron chi connectivity index (χ3n) is 5.96. The minimum atomic E-state index is -0.137. The van der Waals surface area contributed by atoms with E-state index < -0.39 is 0 Å². The van der Waals surface area contributed by atoms with Gasteiger partial charge in [0.2, 0.25) is 5.91 Å². The lowest BCUT2D eigenvalue weighted by Gasteiger charge is -2.19. The predicted octanol–water partition coefficient (Wildman–Crippen LogP) is 6.19. The molecular formula is C30H25N3O4S. The summed E-state index contributed by atoms with van der Waals surface area (Å²) in [5, 5.41) is 13.6. The Morgan fingerprint density at radius 1 is 1.00 bits per heavy atom. The van der Waals surface area contributed by atoms with Crippen LogP contribution in [-0.4, -0.2) is 37.0 Å². The van der Waals surface area contributed by atoms with Crippen molar-refractivity contribution in [2.45, 2.75) is 11.4 Å². The van der Waals surface area contributed by atoms with Crippen molar-refractivity contribution in [1.29, 1.82) is 5.26 Å². The van der Waals surface area contributed by atoms with E-state index >= 15 is 0 Å². The van der Waals surface area contributed by atoms with E-state index in [9.17, 15) is 10.1 Å². The summed E-state index contributed by atoms with van der Waals surface area (Å²) in [5.74, 6) is 2.35. The van der Waals surface area contributed by atoms with Crippen LogP contribution in [0.3, 0.4) is 0 Å². The molecule has 1 aliphatic heterocycles. The summed E-state index contributed by atoms with van der Waals surface area (Å²) in [6.07, 6.45) is 0.249. The number of amides is 1. The summed E-state index contributed by atoms with van der Waals surface area (Å²) in [6.45, 7) is 0.996. The van der Waals surface area contributed by atoms with E-state index in [0.29, 0.717) is 46.7 Å². The predicted molar refractivity (Wildman–Crippen MR) is 148 cm³/mol. The molecule has 7 nitrogen and oxygen atoms in total. The van der Waals surface area contributed by atoms with Gasteiger partial charge in [-0.3, -0.25) is 4.79 Å². The Morgan fingerprint density at radius 3 is 2.50 bits per heavy atom. The van der Waals surface area contributed by atoms with Crippen molar-refractivity contribution in [3.05, 3.63) is 84.4 Å². The van der Waals surface area contributed by atoms with Gasteiger partial charge in [0.25, 0.3) is 0 Å². The maximum Gasteiger partial charge on any atom is 0.225 e. The first-order valence-corrected chi connectivity index (χ1v) is 13.1. The second-order valence-electron chi connectivity index (χ2n) is 8.45. The molecule has 0 spiro atoms. The number of rotatable bonds is 8. The number of thioether (sulfide) groups is 1. The number of carbonyl (C=O) groups is 1. The number of nitrogens with zero attached hydrogens (tertiary/aromatic N) is 2. The normalized spacial score (nSPS) is 11.9. The molecule has 0 saturated heterocycles. The highest BCUT2D eigenvalue weighted by molar-refractivity contribution is 7.99. The van der Waals surface area contributed by atoms with Crippen molar-refractivity contribution in [3.8, 4) is 45.7 Å². The molecule has 38 heavy (non-hydrogen) atoms. The number of hydrogen-bond acceptors (Lipinski definition) is 7. The second kappa shape index (κ2) is 11.7. The van der Waals surface area contributed by atoms with Crippen LogP contribution in [0.5, 0.6) is 17.2 Å². The molecule has 5 rings (SSSR count). The molecule has 0 atom stereocenters. The van der Waals surface area contributed by atoms with Gasteiger partial charge in [0.15, 0.2) is 11.5 Å². The number of ether oxygens (including phenoxy) is 3. The van der Waals surface area contributed by atoms with E-state index in [-0.39, 0.29) is 12.3 Å². The molecule has 4 aromatic rings. The molecule has 1 N–H and O–H groups in total. The average molecular weight is 524 g/mol. The van der Waals surface area contributed by atoms with Crippen LogP contribution < -0.4 is 19.5 Å². The van der Waals surface area contributed by atoms with Crippen molar-refractivity contribution in [2.24, 2.45) is 0 Å². The third-order valence-corrected chi connectivity index (χ3v) is 6.94. The summed E-state index contributed by atoms with van der Waals surface area (Å²) in [6, 6.07) is 27.1. The summed E-state index contributed by atoms with van der Waals surface area (Å²) in [7, 11) is 1.62. The van der Waals surface area contributed by atoms with Crippen LogP contribution in [0.2, 0.25) is 0 Å². The van der Waals surface area contributed by atoms with Crippen LogP contribution in [0, 0.1) is 11.3 Å². The zero-order chi connectivity index (χ0) is 26.3. The quantitative estimate of drug-likeness (QED) is 0.275. The van der Waals surface area contributed by atoms with Crippen LogP contribution in [0.1, 0.15) is 12.0 Å². The van der Waals surface area contributed by atoms with E-state index in [2.05, 4.69) is 11.4 Å². The summed E-state index contributed by atoms with van der Waals surface area (Å²) >= 11 is 1.39. The molecule has 0 fully saturated rings. The number of methoxy groups -OCH3 is 1. The van der Waals surface area contributed by atoms with Gasteiger partial charge in [-0.1, -0.05) is 42.5 Å². The van der Waals surface area contributed by atoms with Crippen molar-refractivity contribution in [2.75, 3.05) is 31.4 Å². The molecule has 0 saturated carbocycles. The summed E-state index contributed by atoms with van der Waals surface area (Å²) in [4.78, 5) is 17.5. The fraction of sp³-hybridized carbons (Fsp3) is 0.167. The fourth-order valence-electron chi connectivity index (χ4n) is 4.07. The molecule has 0 unspecified atom stereocenters. The van der Waals surface area contributed by atoms with Crippen LogP contribution in [-0.2, 0) is 4.79 Å². The minimum Gasteiger partial charge on any atom is -0.497 e. The number of anilines is 1. The Balaban J connectivity index is 1.36. The first kappa shape index (κ1) is 25.2. The van der Waals surface area contributed by atoms with Crippen molar-refractivity contribution in [3.63, 3.8) is 0 Å². The number of nitrogens with one attached hydrogen (secondary N) is 1. The maximum atomic E-state index is 12.7. The van der Waals surface area contributed by atoms with Crippen molar-refractivity contribution >= 4 is 23.4 Å².